The number of nitrogens with zero attached hydrogens (tertiary/aromatic N) is 1. The van der Waals surface area contributed by atoms with Crippen LogP contribution in [0.1, 0.15) is 43.5 Å². The van der Waals surface area contributed by atoms with Gasteiger partial charge in [-0.25, -0.2) is 4.39 Å². The summed E-state index contributed by atoms with van der Waals surface area (Å²) in [6.45, 7) is 3.84. The highest BCUT2D eigenvalue weighted by Gasteiger charge is 2.23. The van der Waals surface area contributed by atoms with Gasteiger partial charge in [-0.05, 0) is 19.4 Å². The van der Waals surface area contributed by atoms with E-state index in [0.29, 0.717) is 6.07 Å². The molecule has 1 atom stereocenters. The number of nitrogens with two attached hydrogens (primary N) is 1. The lowest BCUT2D eigenvalue weighted by Gasteiger charge is -2.13. The van der Waals surface area contributed by atoms with E-state index >= 15 is 0 Å². The number of rotatable bonds is 6. The van der Waals surface area contributed by atoms with E-state index in [1.165, 1.54) is 0 Å². The van der Waals surface area contributed by atoms with Crippen molar-refractivity contribution in [2.45, 2.75) is 39.2 Å². The topological polar surface area (TPSA) is 98.3 Å². The van der Waals surface area contributed by atoms with Crippen LogP contribution in [-0.4, -0.2) is 16.9 Å². The molecule has 110 valence electrons. The molecule has 0 aromatic heterocycles. The zero-order valence-corrected chi connectivity index (χ0v) is 11.5. The molecular weight excluding hydrogens is 265 g/mol. The molecule has 1 unspecified atom stereocenters. The predicted molar refractivity (Wildman–Crippen MR) is 73.9 cm³/mol. The van der Waals surface area contributed by atoms with Crippen LogP contribution in [0.3, 0.4) is 0 Å². The van der Waals surface area contributed by atoms with Gasteiger partial charge in [0.05, 0.1) is 16.7 Å². The maximum absolute atomic E-state index is 13.3. The summed E-state index contributed by atoms with van der Waals surface area (Å²) in [5.41, 5.74) is 4.26. The molecule has 1 rings (SSSR count). The van der Waals surface area contributed by atoms with E-state index in [0.717, 1.165) is 25.3 Å². The average Bonchev–Trinajstić information content (AvgIpc) is 2.38. The normalized spacial score (nSPS) is 11.9. The van der Waals surface area contributed by atoms with Crippen LogP contribution in [0, 0.1) is 15.9 Å². The first kappa shape index (κ1) is 15.9. The summed E-state index contributed by atoms with van der Waals surface area (Å²) < 4.78 is 13.3. The fraction of sp³-hybridized carbons (Fsp3) is 0.462. The largest absolute Gasteiger partial charge is 0.396 e. The number of nitro groups is 1. The van der Waals surface area contributed by atoms with Gasteiger partial charge in [-0.1, -0.05) is 19.8 Å². The number of amides is 1. The summed E-state index contributed by atoms with van der Waals surface area (Å²) in [5.74, 6) is -1.53. The zero-order valence-electron chi connectivity index (χ0n) is 11.5. The van der Waals surface area contributed by atoms with Crippen molar-refractivity contribution in [3.8, 4) is 0 Å². The number of nitro benzene ring substituents is 1. The molecule has 0 saturated carbocycles. The van der Waals surface area contributed by atoms with E-state index in [9.17, 15) is 19.3 Å². The molecule has 0 aliphatic rings. The van der Waals surface area contributed by atoms with E-state index < -0.39 is 22.3 Å². The van der Waals surface area contributed by atoms with Crippen molar-refractivity contribution in [3.05, 3.63) is 33.6 Å². The third kappa shape index (κ3) is 3.91. The summed E-state index contributed by atoms with van der Waals surface area (Å²) in [7, 11) is 0. The number of carbonyl (C=O) groups excluding carboxylic acids is 1. The van der Waals surface area contributed by atoms with Crippen molar-refractivity contribution >= 4 is 17.3 Å². The highest BCUT2D eigenvalue weighted by Crippen LogP contribution is 2.24. The maximum atomic E-state index is 13.3. The number of benzene rings is 1. The van der Waals surface area contributed by atoms with Crippen molar-refractivity contribution in [2.75, 3.05) is 5.73 Å². The summed E-state index contributed by atoms with van der Waals surface area (Å²) in [5, 5.41) is 13.5. The van der Waals surface area contributed by atoms with Crippen molar-refractivity contribution in [1.29, 1.82) is 0 Å². The molecular formula is C13H18FN3O3. The van der Waals surface area contributed by atoms with Gasteiger partial charge in [-0.15, -0.1) is 0 Å². The zero-order chi connectivity index (χ0) is 15.3. The molecule has 0 radical (unpaired) electrons. The standard InChI is InChI=1S/C13H18FN3O3/c1-3-4-5-8(2)16-13(18)9-6-11(15)10(14)7-12(9)17(19)20/h6-8H,3-5,15H2,1-2H3,(H,16,18). The van der Waals surface area contributed by atoms with Gasteiger partial charge in [-0.3, -0.25) is 14.9 Å². The first-order valence-corrected chi connectivity index (χ1v) is 6.41. The van der Waals surface area contributed by atoms with Gasteiger partial charge in [-0.2, -0.15) is 0 Å². The van der Waals surface area contributed by atoms with Crippen LogP contribution in [0.25, 0.3) is 0 Å². The van der Waals surface area contributed by atoms with E-state index in [1.54, 1.807) is 0 Å². The van der Waals surface area contributed by atoms with Crippen molar-refractivity contribution in [1.82, 2.24) is 5.32 Å². The lowest BCUT2D eigenvalue weighted by atomic mass is 10.1. The molecule has 0 saturated heterocycles. The Morgan fingerprint density at radius 1 is 1.55 bits per heavy atom. The van der Waals surface area contributed by atoms with Gasteiger partial charge in [0.1, 0.15) is 5.56 Å². The highest BCUT2D eigenvalue weighted by molar-refractivity contribution is 5.99. The van der Waals surface area contributed by atoms with E-state index in [4.69, 9.17) is 5.73 Å². The number of nitrogen functional groups attached to an aromatic ring is 1. The second kappa shape index (κ2) is 6.83. The van der Waals surface area contributed by atoms with Gasteiger partial charge in [0.25, 0.3) is 11.6 Å². The van der Waals surface area contributed by atoms with E-state index in [2.05, 4.69) is 5.32 Å². The third-order valence-corrected chi connectivity index (χ3v) is 2.92. The number of nitrogens with one attached hydrogen (secondary N) is 1. The number of anilines is 1. The Morgan fingerprint density at radius 3 is 2.75 bits per heavy atom. The second-order valence-electron chi connectivity index (χ2n) is 4.66. The maximum Gasteiger partial charge on any atom is 0.285 e. The Balaban J connectivity index is 2.97. The molecule has 3 N–H and O–H groups in total. The Labute approximate surface area is 116 Å². The SMILES string of the molecule is CCCCC(C)NC(=O)c1cc(N)c(F)cc1[N+](=O)[O-]. The molecule has 6 nitrogen and oxygen atoms in total. The van der Waals surface area contributed by atoms with Crippen LogP contribution in [0.4, 0.5) is 15.8 Å². The lowest BCUT2D eigenvalue weighted by Crippen LogP contribution is -2.33. The fourth-order valence-corrected chi connectivity index (χ4v) is 1.80. The Kier molecular flexibility index (Phi) is 5.42. The van der Waals surface area contributed by atoms with Crippen molar-refractivity contribution in [2.24, 2.45) is 0 Å². The third-order valence-electron chi connectivity index (χ3n) is 2.92. The Morgan fingerprint density at radius 2 is 2.20 bits per heavy atom. The summed E-state index contributed by atoms with van der Waals surface area (Å²) in [6.07, 6.45) is 2.70. The van der Waals surface area contributed by atoms with Gasteiger partial charge in [0.2, 0.25) is 0 Å². The second-order valence-corrected chi connectivity index (χ2v) is 4.66. The molecule has 1 aromatic rings. The van der Waals surface area contributed by atoms with Crippen molar-refractivity contribution < 1.29 is 14.1 Å². The van der Waals surface area contributed by atoms with Crippen molar-refractivity contribution in [3.63, 3.8) is 0 Å². The fourth-order valence-electron chi connectivity index (χ4n) is 1.80. The van der Waals surface area contributed by atoms with Crippen LogP contribution in [0.15, 0.2) is 12.1 Å². The van der Waals surface area contributed by atoms with Gasteiger partial charge in [0.15, 0.2) is 5.82 Å². The molecule has 0 aliphatic heterocycles. The lowest BCUT2D eigenvalue weighted by molar-refractivity contribution is -0.385. The number of unbranched alkanes of at least 4 members (excludes halogenated alkanes) is 1. The van der Waals surface area contributed by atoms with Gasteiger partial charge in [0, 0.05) is 6.04 Å². The quantitative estimate of drug-likeness (QED) is 0.476. The van der Waals surface area contributed by atoms with Gasteiger partial charge >= 0.3 is 0 Å². The molecule has 0 bridgehead atoms. The van der Waals surface area contributed by atoms with Crippen LogP contribution in [0.5, 0.6) is 0 Å². The number of carbonyl (C=O) groups is 1. The smallest absolute Gasteiger partial charge is 0.285 e. The van der Waals surface area contributed by atoms with Gasteiger partial charge < -0.3 is 11.1 Å². The van der Waals surface area contributed by atoms with Crippen LogP contribution >= 0.6 is 0 Å². The molecule has 0 aliphatic carbocycles. The van der Waals surface area contributed by atoms with E-state index in [1.807, 2.05) is 13.8 Å². The van der Waals surface area contributed by atoms with Crippen LogP contribution in [0.2, 0.25) is 0 Å². The predicted octanol–water partition coefficient (Wildman–Crippen LogP) is 2.62. The molecule has 0 heterocycles. The molecule has 0 fully saturated rings. The van der Waals surface area contributed by atoms with Crippen LogP contribution < -0.4 is 11.1 Å². The molecule has 20 heavy (non-hydrogen) atoms. The minimum atomic E-state index is -0.910. The van der Waals surface area contributed by atoms with Crippen LogP contribution in [-0.2, 0) is 0 Å². The minimum absolute atomic E-state index is 0.117. The monoisotopic (exact) mass is 283 g/mol. The summed E-state index contributed by atoms with van der Waals surface area (Å²) in [4.78, 5) is 22.1. The Bertz CT molecular complexity index is 520. The summed E-state index contributed by atoms with van der Waals surface area (Å²) >= 11 is 0. The molecule has 7 heteroatoms. The minimum Gasteiger partial charge on any atom is -0.396 e. The van der Waals surface area contributed by atoms with E-state index in [-0.39, 0.29) is 17.3 Å². The number of hydrogen-bond acceptors (Lipinski definition) is 4. The first-order valence-electron chi connectivity index (χ1n) is 6.41. The first-order chi connectivity index (χ1) is 9.36. The molecule has 1 amide bonds. The Hall–Kier alpha value is -2.18. The average molecular weight is 283 g/mol. The number of halogens is 1. The molecule has 0 spiro atoms. The highest BCUT2D eigenvalue weighted by atomic mass is 19.1. The number of hydrogen-bond donors (Lipinski definition) is 2. The summed E-state index contributed by atoms with van der Waals surface area (Å²) in [6, 6.07) is 1.55. The molecule has 1 aromatic carbocycles.